The molecule has 2 N–H and O–H groups in total. The zero-order valence-electron chi connectivity index (χ0n) is 18.2. The maximum Gasteiger partial charge on any atom is 0.261 e. The number of anilines is 2. The van der Waals surface area contributed by atoms with E-state index >= 15 is 0 Å². The van der Waals surface area contributed by atoms with Crippen molar-refractivity contribution in [2.45, 2.75) is 38.1 Å². The van der Waals surface area contributed by atoms with Crippen molar-refractivity contribution in [3.8, 4) is 0 Å². The molecule has 172 valence electrons. The van der Waals surface area contributed by atoms with Gasteiger partial charge in [-0.2, -0.15) is 0 Å². The SMILES string of the molecule is O=C(Nc1ccc(C(=O)Nc2nccs2)cc1)c1ccc2c(c1)C(=O)N(C1CCCCC1)C2=O. The monoisotopic (exact) mass is 474 g/mol. The van der Waals surface area contributed by atoms with Gasteiger partial charge in [0.25, 0.3) is 23.6 Å². The first-order chi connectivity index (χ1) is 16.5. The Hall–Kier alpha value is -3.85. The quantitative estimate of drug-likeness (QED) is 0.527. The number of nitrogens with zero attached hydrogens (tertiary/aromatic N) is 2. The molecule has 1 aliphatic carbocycles. The fraction of sp³-hybridized carbons (Fsp3) is 0.240. The number of aromatic nitrogens is 1. The second kappa shape index (κ2) is 9.18. The number of carbonyl (C=O) groups excluding carboxylic acids is 4. The van der Waals surface area contributed by atoms with E-state index in [0.29, 0.717) is 21.9 Å². The lowest BCUT2D eigenvalue weighted by Gasteiger charge is -2.29. The maximum atomic E-state index is 13.0. The van der Waals surface area contributed by atoms with Gasteiger partial charge in [-0.05, 0) is 55.3 Å². The molecule has 2 heterocycles. The fourth-order valence-electron chi connectivity index (χ4n) is 4.43. The minimum Gasteiger partial charge on any atom is -0.322 e. The van der Waals surface area contributed by atoms with Crippen molar-refractivity contribution in [1.82, 2.24) is 9.88 Å². The maximum absolute atomic E-state index is 13.0. The van der Waals surface area contributed by atoms with Crippen molar-refractivity contribution >= 4 is 45.8 Å². The molecular weight excluding hydrogens is 452 g/mol. The van der Waals surface area contributed by atoms with Gasteiger partial charge < -0.3 is 5.32 Å². The summed E-state index contributed by atoms with van der Waals surface area (Å²) in [5.41, 5.74) is 1.84. The van der Waals surface area contributed by atoms with Gasteiger partial charge in [-0.3, -0.25) is 29.4 Å². The number of imide groups is 1. The molecule has 0 bridgehead atoms. The highest BCUT2D eigenvalue weighted by molar-refractivity contribution is 7.13. The fourth-order valence-corrected chi connectivity index (χ4v) is 4.96. The third-order valence-electron chi connectivity index (χ3n) is 6.18. The zero-order valence-corrected chi connectivity index (χ0v) is 19.1. The van der Waals surface area contributed by atoms with Crippen molar-refractivity contribution in [3.63, 3.8) is 0 Å². The normalized spacial score (nSPS) is 15.8. The molecule has 4 amide bonds. The molecule has 8 nitrogen and oxygen atoms in total. The first-order valence-electron chi connectivity index (χ1n) is 11.2. The Kier molecular flexibility index (Phi) is 5.93. The van der Waals surface area contributed by atoms with Crippen molar-refractivity contribution in [3.05, 3.63) is 76.3 Å². The van der Waals surface area contributed by atoms with Gasteiger partial charge in [0.05, 0.1) is 11.1 Å². The summed E-state index contributed by atoms with van der Waals surface area (Å²) >= 11 is 1.32. The number of thiazole rings is 1. The van der Waals surface area contributed by atoms with Crippen molar-refractivity contribution in [2.24, 2.45) is 0 Å². The molecule has 0 spiro atoms. The van der Waals surface area contributed by atoms with E-state index in [1.807, 2.05) is 0 Å². The highest BCUT2D eigenvalue weighted by Gasteiger charge is 2.40. The predicted molar refractivity (Wildman–Crippen MR) is 128 cm³/mol. The number of fused-ring (bicyclic) bond motifs is 1. The van der Waals surface area contributed by atoms with Gasteiger partial charge in [0.2, 0.25) is 0 Å². The van der Waals surface area contributed by atoms with Crippen molar-refractivity contribution in [2.75, 3.05) is 10.6 Å². The van der Waals surface area contributed by atoms with Gasteiger partial charge in [0.15, 0.2) is 5.13 Å². The smallest absolute Gasteiger partial charge is 0.261 e. The second-order valence-corrected chi connectivity index (χ2v) is 9.25. The number of benzene rings is 2. The van der Waals surface area contributed by atoms with Crippen LogP contribution in [0.4, 0.5) is 10.8 Å². The number of rotatable bonds is 5. The number of nitrogens with one attached hydrogen (secondary N) is 2. The van der Waals surface area contributed by atoms with Crippen LogP contribution in [0.25, 0.3) is 0 Å². The van der Waals surface area contributed by atoms with Crippen LogP contribution in [0.15, 0.2) is 54.0 Å². The number of carbonyl (C=O) groups is 4. The van der Waals surface area contributed by atoms with Gasteiger partial charge in [0, 0.05) is 34.4 Å². The van der Waals surface area contributed by atoms with Gasteiger partial charge >= 0.3 is 0 Å². The lowest BCUT2D eigenvalue weighted by molar-refractivity contribution is 0.0548. The van der Waals surface area contributed by atoms with Crippen molar-refractivity contribution < 1.29 is 19.2 Å². The topological polar surface area (TPSA) is 108 Å². The molecule has 34 heavy (non-hydrogen) atoms. The minimum atomic E-state index is -0.404. The third kappa shape index (κ3) is 4.22. The first-order valence-corrected chi connectivity index (χ1v) is 12.0. The Labute approximate surface area is 200 Å². The summed E-state index contributed by atoms with van der Waals surface area (Å²) in [4.78, 5) is 56.3. The van der Waals surface area contributed by atoms with E-state index < -0.39 is 5.91 Å². The molecule has 2 aliphatic rings. The van der Waals surface area contributed by atoms with E-state index in [9.17, 15) is 19.2 Å². The lowest BCUT2D eigenvalue weighted by Crippen LogP contribution is -2.40. The minimum absolute atomic E-state index is 0.0651. The number of hydrogen-bond acceptors (Lipinski definition) is 6. The Morgan fingerprint density at radius 3 is 2.24 bits per heavy atom. The molecule has 1 aromatic heterocycles. The third-order valence-corrected chi connectivity index (χ3v) is 6.87. The standard InChI is InChI=1S/C25H22N4O4S/c30-21(28-25-26-12-13-34-25)15-6-9-17(10-7-15)27-22(31)16-8-11-19-20(14-16)24(33)29(23(19)32)18-4-2-1-3-5-18/h6-14,18H,1-5H2,(H,27,31)(H,26,28,30). The van der Waals surface area contributed by atoms with E-state index in [4.69, 9.17) is 0 Å². The van der Waals surface area contributed by atoms with Crippen LogP contribution in [-0.2, 0) is 0 Å². The molecule has 9 heteroatoms. The summed E-state index contributed by atoms with van der Waals surface area (Å²) in [5.74, 6) is -1.29. The summed E-state index contributed by atoms with van der Waals surface area (Å²) in [6.45, 7) is 0. The van der Waals surface area contributed by atoms with E-state index in [1.54, 1.807) is 48.0 Å². The summed E-state index contributed by atoms with van der Waals surface area (Å²) in [5, 5.41) is 7.75. The van der Waals surface area contributed by atoms with E-state index in [0.717, 1.165) is 32.1 Å². The van der Waals surface area contributed by atoms with Crippen LogP contribution in [0, 0.1) is 0 Å². The average Bonchev–Trinajstić information content (AvgIpc) is 3.46. The van der Waals surface area contributed by atoms with Crippen LogP contribution in [0.2, 0.25) is 0 Å². The second-order valence-electron chi connectivity index (χ2n) is 8.36. The Morgan fingerprint density at radius 1 is 0.853 bits per heavy atom. The van der Waals surface area contributed by atoms with Gasteiger partial charge in [-0.25, -0.2) is 4.98 Å². The van der Waals surface area contributed by atoms with E-state index in [1.165, 1.54) is 22.3 Å². The molecule has 0 saturated heterocycles. The summed E-state index contributed by atoms with van der Waals surface area (Å²) in [6.07, 6.45) is 6.41. The zero-order chi connectivity index (χ0) is 23.7. The van der Waals surface area contributed by atoms with E-state index in [2.05, 4.69) is 15.6 Å². The van der Waals surface area contributed by atoms with Gasteiger partial charge in [-0.1, -0.05) is 19.3 Å². The number of hydrogen-bond donors (Lipinski definition) is 2. The average molecular weight is 475 g/mol. The van der Waals surface area contributed by atoms with Gasteiger partial charge in [0.1, 0.15) is 0 Å². The van der Waals surface area contributed by atoms with E-state index in [-0.39, 0.29) is 34.9 Å². The molecule has 0 unspecified atom stereocenters. The highest BCUT2D eigenvalue weighted by Crippen LogP contribution is 2.31. The Bertz CT molecular complexity index is 1260. The van der Waals surface area contributed by atoms with Crippen LogP contribution in [0.1, 0.15) is 73.5 Å². The molecule has 0 atom stereocenters. The van der Waals surface area contributed by atoms with Crippen LogP contribution >= 0.6 is 11.3 Å². The highest BCUT2D eigenvalue weighted by atomic mass is 32.1. The predicted octanol–water partition coefficient (Wildman–Crippen LogP) is 4.58. The summed E-state index contributed by atoms with van der Waals surface area (Å²) < 4.78 is 0. The Balaban J connectivity index is 1.27. The molecule has 3 aromatic rings. The molecule has 0 radical (unpaired) electrons. The summed E-state index contributed by atoms with van der Waals surface area (Å²) in [7, 11) is 0. The van der Waals surface area contributed by atoms with Gasteiger partial charge in [-0.15, -0.1) is 11.3 Å². The molecule has 1 fully saturated rings. The lowest BCUT2D eigenvalue weighted by atomic mass is 9.94. The molecule has 2 aromatic carbocycles. The Morgan fingerprint density at radius 2 is 1.53 bits per heavy atom. The summed E-state index contributed by atoms with van der Waals surface area (Å²) in [6, 6.07) is 11.0. The molecule has 1 saturated carbocycles. The molecule has 1 aliphatic heterocycles. The van der Waals surface area contributed by atoms with Crippen LogP contribution in [0.5, 0.6) is 0 Å². The van der Waals surface area contributed by atoms with Crippen LogP contribution in [0.3, 0.4) is 0 Å². The number of amides is 4. The van der Waals surface area contributed by atoms with Crippen LogP contribution in [-0.4, -0.2) is 39.6 Å². The largest absolute Gasteiger partial charge is 0.322 e. The first kappa shape index (κ1) is 22.0. The molecular formula is C25H22N4O4S. The molecule has 5 rings (SSSR count). The van der Waals surface area contributed by atoms with Crippen molar-refractivity contribution in [1.29, 1.82) is 0 Å². The van der Waals surface area contributed by atoms with Crippen LogP contribution < -0.4 is 10.6 Å².